The number of aryl methyl sites for hydroxylation is 1. The van der Waals surface area contributed by atoms with Crippen LogP contribution in [0.15, 0.2) is 24.3 Å². The predicted molar refractivity (Wildman–Crippen MR) is 72.1 cm³/mol. The first-order chi connectivity index (χ1) is 8.79. The second-order valence-electron chi connectivity index (χ2n) is 5.52. The molecular weight excluding hydrogens is 242 g/mol. The zero-order chi connectivity index (χ0) is 14.2. The number of carboxylic acid groups (broad SMARTS) is 1. The largest absolute Gasteiger partial charge is 0.476 e. The molecule has 0 aliphatic carbocycles. The molecule has 0 saturated carbocycles. The van der Waals surface area contributed by atoms with Gasteiger partial charge >= 0.3 is 5.97 Å². The maximum atomic E-state index is 11.1. The van der Waals surface area contributed by atoms with E-state index in [0.29, 0.717) is 5.69 Å². The Morgan fingerprint density at radius 3 is 2.21 bits per heavy atom. The van der Waals surface area contributed by atoms with Crippen LogP contribution in [0.2, 0.25) is 0 Å². The average Bonchev–Trinajstić information content (AvgIpc) is 2.70. The average molecular weight is 259 g/mol. The summed E-state index contributed by atoms with van der Waals surface area (Å²) < 4.78 is 0. The van der Waals surface area contributed by atoms with Gasteiger partial charge in [0.25, 0.3) is 0 Å². The molecule has 0 fully saturated rings. The third-order valence-electron chi connectivity index (χ3n) is 2.94. The Morgan fingerprint density at radius 1 is 1.16 bits per heavy atom. The summed E-state index contributed by atoms with van der Waals surface area (Å²) in [5.74, 6) is -1.07. The van der Waals surface area contributed by atoms with Gasteiger partial charge in [0.05, 0.1) is 0 Å². The van der Waals surface area contributed by atoms with Gasteiger partial charge in [-0.2, -0.15) is 9.90 Å². The lowest BCUT2D eigenvalue weighted by Crippen LogP contribution is -2.10. The van der Waals surface area contributed by atoms with Crippen molar-refractivity contribution < 1.29 is 9.90 Å². The summed E-state index contributed by atoms with van der Waals surface area (Å²) in [6.07, 6.45) is 0. The first-order valence-electron chi connectivity index (χ1n) is 6.04. The summed E-state index contributed by atoms with van der Waals surface area (Å²) in [6.45, 7) is 6.40. The van der Waals surface area contributed by atoms with Crippen LogP contribution in [-0.2, 0) is 12.5 Å². The van der Waals surface area contributed by atoms with Crippen LogP contribution in [0, 0.1) is 0 Å². The molecule has 0 spiro atoms. The number of carbonyl (C=O) groups is 1. The number of hydrogen-bond donors (Lipinski definition) is 1. The van der Waals surface area contributed by atoms with E-state index in [4.69, 9.17) is 5.11 Å². The van der Waals surface area contributed by atoms with Crippen LogP contribution >= 0.6 is 0 Å². The summed E-state index contributed by atoms with van der Waals surface area (Å²) in [7, 11) is 1.61. The molecule has 1 heterocycles. The molecule has 5 nitrogen and oxygen atoms in total. The lowest BCUT2D eigenvalue weighted by molar-refractivity contribution is 0.0690. The smallest absolute Gasteiger partial charge is 0.358 e. The molecule has 1 aromatic carbocycles. The Morgan fingerprint density at radius 2 is 1.74 bits per heavy atom. The van der Waals surface area contributed by atoms with Gasteiger partial charge in [0, 0.05) is 12.6 Å². The molecule has 0 bridgehead atoms. The molecule has 0 amide bonds. The quantitative estimate of drug-likeness (QED) is 0.899. The van der Waals surface area contributed by atoms with Crippen molar-refractivity contribution in [2.75, 3.05) is 0 Å². The van der Waals surface area contributed by atoms with E-state index in [0.717, 1.165) is 5.56 Å². The van der Waals surface area contributed by atoms with Crippen molar-refractivity contribution in [1.82, 2.24) is 15.0 Å². The summed E-state index contributed by atoms with van der Waals surface area (Å²) in [5.41, 5.74) is 2.40. The van der Waals surface area contributed by atoms with Crippen molar-refractivity contribution in [3.05, 3.63) is 35.5 Å². The molecule has 0 radical (unpaired) electrons. The Hall–Kier alpha value is -2.17. The summed E-state index contributed by atoms with van der Waals surface area (Å²) in [6, 6.07) is 7.76. The molecule has 1 N–H and O–H groups in total. The second kappa shape index (κ2) is 4.50. The molecule has 5 heteroatoms. The van der Waals surface area contributed by atoms with Crippen molar-refractivity contribution in [2.45, 2.75) is 26.2 Å². The fraction of sp³-hybridized carbons (Fsp3) is 0.357. The standard InChI is InChI=1S/C14H17N3O2/c1-14(2,3)10-7-5-9(6-8-10)11-12(13(18)19)16-17(4)15-11/h5-8H,1-4H3,(H,18,19). The minimum absolute atomic E-state index is 0.0222. The molecule has 100 valence electrons. The van der Waals surface area contributed by atoms with Crippen LogP contribution < -0.4 is 0 Å². The molecule has 0 saturated heterocycles. The minimum Gasteiger partial charge on any atom is -0.476 e. The van der Waals surface area contributed by atoms with Gasteiger partial charge < -0.3 is 5.11 Å². The molecule has 0 unspecified atom stereocenters. The summed E-state index contributed by atoms with van der Waals surface area (Å²) >= 11 is 0. The molecule has 0 atom stereocenters. The monoisotopic (exact) mass is 259 g/mol. The van der Waals surface area contributed by atoms with Crippen LogP contribution in [0.3, 0.4) is 0 Å². The molecular formula is C14H17N3O2. The maximum Gasteiger partial charge on any atom is 0.358 e. The SMILES string of the molecule is Cn1nc(C(=O)O)c(-c2ccc(C(C)(C)C)cc2)n1. The molecule has 0 aliphatic rings. The first kappa shape index (κ1) is 13.3. The highest BCUT2D eigenvalue weighted by atomic mass is 16.4. The summed E-state index contributed by atoms with van der Waals surface area (Å²) in [4.78, 5) is 12.4. The topological polar surface area (TPSA) is 68.0 Å². The van der Waals surface area contributed by atoms with E-state index < -0.39 is 5.97 Å². The van der Waals surface area contributed by atoms with Gasteiger partial charge in [-0.05, 0) is 11.0 Å². The van der Waals surface area contributed by atoms with E-state index in [1.807, 2.05) is 24.3 Å². The maximum absolute atomic E-state index is 11.1. The number of carboxylic acids is 1. The van der Waals surface area contributed by atoms with Gasteiger partial charge in [0.2, 0.25) is 0 Å². The number of aromatic nitrogens is 3. The summed E-state index contributed by atoms with van der Waals surface area (Å²) in [5, 5.41) is 17.1. The van der Waals surface area contributed by atoms with Crippen molar-refractivity contribution in [3.63, 3.8) is 0 Å². The molecule has 19 heavy (non-hydrogen) atoms. The molecule has 2 rings (SSSR count). The number of benzene rings is 1. The van der Waals surface area contributed by atoms with Crippen molar-refractivity contribution in [2.24, 2.45) is 7.05 Å². The highest BCUT2D eigenvalue weighted by Gasteiger charge is 2.19. The van der Waals surface area contributed by atoms with Gasteiger partial charge in [0.1, 0.15) is 5.69 Å². The lowest BCUT2D eigenvalue weighted by Gasteiger charge is -2.18. The Labute approximate surface area is 111 Å². The Bertz CT molecular complexity index is 607. The van der Waals surface area contributed by atoms with E-state index in [2.05, 4.69) is 31.0 Å². The van der Waals surface area contributed by atoms with Crippen molar-refractivity contribution >= 4 is 5.97 Å². The zero-order valence-electron chi connectivity index (χ0n) is 11.5. The third kappa shape index (κ3) is 2.65. The highest BCUT2D eigenvalue weighted by molar-refractivity contribution is 5.92. The highest BCUT2D eigenvalue weighted by Crippen LogP contribution is 2.26. The van der Waals surface area contributed by atoms with E-state index in [1.165, 1.54) is 10.4 Å². The third-order valence-corrected chi connectivity index (χ3v) is 2.94. The molecule has 2 aromatic rings. The van der Waals surface area contributed by atoms with Crippen molar-refractivity contribution in [1.29, 1.82) is 0 Å². The van der Waals surface area contributed by atoms with E-state index in [-0.39, 0.29) is 11.1 Å². The van der Waals surface area contributed by atoms with E-state index >= 15 is 0 Å². The van der Waals surface area contributed by atoms with Crippen LogP contribution in [0.25, 0.3) is 11.3 Å². The first-order valence-corrected chi connectivity index (χ1v) is 6.04. The Kier molecular flexibility index (Phi) is 3.14. The van der Waals surface area contributed by atoms with Crippen LogP contribution in [0.5, 0.6) is 0 Å². The van der Waals surface area contributed by atoms with Gasteiger partial charge in [-0.3, -0.25) is 0 Å². The van der Waals surface area contributed by atoms with Gasteiger partial charge in [-0.25, -0.2) is 4.79 Å². The van der Waals surface area contributed by atoms with Crippen LogP contribution in [-0.4, -0.2) is 26.1 Å². The fourth-order valence-corrected chi connectivity index (χ4v) is 1.87. The second-order valence-corrected chi connectivity index (χ2v) is 5.52. The molecule has 0 aliphatic heterocycles. The van der Waals surface area contributed by atoms with E-state index in [1.54, 1.807) is 7.05 Å². The number of rotatable bonds is 2. The Balaban J connectivity index is 2.46. The molecule has 1 aromatic heterocycles. The van der Waals surface area contributed by atoms with E-state index in [9.17, 15) is 4.79 Å². The number of nitrogens with zero attached hydrogens (tertiary/aromatic N) is 3. The van der Waals surface area contributed by atoms with Gasteiger partial charge in [-0.1, -0.05) is 45.0 Å². The predicted octanol–water partition coefficient (Wildman–Crippen LogP) is 2.48. The van der Waals surface area contributed by atoms with Crippen LogP contribution in [0.4, 0.5) is 0 Å². The minimum atomic E-state index is -1.07. The van der Waals surface area contributed by atoms with Gasteiger partial charge in [-0.15, -0.1) is 5.10 Å². The lowest BCUT2D eigenvalue weighted by atomic mass is 9.86. The number of aromatic carboxylic acids is 1. The van der Waals surface area contributed by atoms with Crippen molar-refractivity contribution in [3.8, 4) is 11.3 Å². The normalized spacial score (nSPS) is 11.6. The van der Waals surface area contributed by atoms with Crippen LogP contribution in [0.1, 0.15) is 36.8 Å². The van der Waals surface area contributed by atoms with Gasteiger partial charge in [0.15, 0.2) is 5.69 Å². The fourth-order valence-electron chi connectivity index (χ4n) is 1.87. The number of hydrogen-bond acceptors (Lipinski definition) is 3. The zero-order valence-corrected chi connectivity index (χ0v) is 11.5.